The van der Waals surface area contributed by atoms with E-state index < -0.39 is 9.84 Å². The second-order valence-corrected chi connectivity index (χ2v) is 5.10. The number of rotatable bonds is 1. The van der Waals surface area contributed by atoms with E-state index in [1.54, 1.807) is 6.07 Å². The number of aromatic nitrogens is 1. The number of nitrogen functional groups attached to an aromatic ring is 1. The van der Waals surface area contributed by atoms with Gasteiger partial charge in [0.15, 0.2) is 19.9 Å². The summed E-state index contributed by atoms with van der Waals surface area (Å²) < 4.78 is 25.5. The molecule has 0 aliphatic heterocycles. The second-order valence-electron chi connectivity index (χ2n) is 2.11. The Bertz CT molecular complexity index is 440. The Labute approximate surface area is 73.5 Å². The molecule has 1 aromatic heterocycles. The van der Waals surface area contributed by atoms with Crippen molar-refractivity contribution >= 4 is 27.2 Å². The lowest BCUT2D eigenvalue weighted by Gasteiger charge is -1.90. The van der Waals surface area contributed by atoms with Crippen LogP contribution in [0, 0.1) is 11.3 Å². The van der Waals surface area contributed by atoms with E-state index >= 15 is 0 Å². The standard InChI is InChI=1S/C5H5N3O2S2/c1-12(9,10)5-3(2-6)4(7)8-11-5/h1H3,(H2,7,8). The molecule has 0 unspecified atom stereocenters. The number of nitrogens with two attached hydrogens (primary N) is 1. The number of hydrogen-bond donors (Lipinski definition) is 1. The van der Waals surface area contributed by atoms with Crippen molar-refractivity contribution in [2.24, 2.45) is 0 Å². The SMILES string of the molecule is CS(=O)(=O)c1snc(N)c1C#N. The third-order valence-electron chi connectivity index (χ3n) is 1.14. The zero-order valence-electron chi connectivity index (χ0n) is 6.10. The number of nitrogens with zero attached hydrogens (tertiary/aromatic N) is 2. The molecule has 0 saturated carbocycles. The van der Waals surface area contributed by atoms with Crippen molar-refractivity contribution in [3.8, 4) is 6.07 Å². The Morgan fingerprint density at radius 3 is 2.58 bits per heavy atom. The van der Waals surface area contributed by atoms with E-state index in [0.29, 0.717) is 0 Å². The summed E-state index contributed by atoms with van der Waals surface area (Å²) in [4.78, 5) is 0. The molecule has 0 radical (unpaired) electrons. The molecule has 0 aromatic carbocycles. The summed E-state index contributed by atoms with van der Waals surface area (Å²) in [7, 11) is -3.37. The molecule has 5 nitrogen and oxygen atoms in total. The summed E-state index contributed by atoms with van der Waals surface area (Å²) in [5.41, 5.74) is 5.21. The molecule has 0 bridgehead atoms. The second kappa shape index (κ2) is 2.73. The monoisotopic (exact) mass is 203 g/mol. The minimum absolute atomic E-state index is 0.0251. The number of anilines is 1. The molecule has 0 spiro atoms. The quantitative estimate of drug-likeness (QED) is 0.692. The fourth-order valence-corrected chi connectivity index (χ4v) is 2.33. The van der Waals surface area contributed by atoms with Crippen LogP contribution in [-0.2, 0) is 9.84 Å². The highest BCUT2D eigenvalue weighted by atomic mass is 32.2. The average molecular weight is 203 g/mol. The third-order valence-corrected chi connectivity index (χ3v) is 3.80. The van der Waals surface area contributed by atoms with E-state index in [4.69, 9.17) is 11.0 Å². The van der Waals surface area contributed by atoms with Crippen molar-refractivity contribution in [3.63, 3.8) is 0 Å². The van der Waals surface area contributed by atoms with Crippen LogP contribution in [0.1, 0.15) is 5.56 Å². The minimum atomic E-state index is -3.37. The summed E-state index contributed by atoms with van der Waals surface area (Å²) >= 11 is 0.722. The van der Waals surface area contributed by atoms with Crippen LogP contribution in [0.3, 0.4) is 0 Å². The van der Waals surface area contributed by atoms with Gasteiger partial charge < -0.3 is 5.73 Å². The van der Waals surface area contributed by atoms with Gasteiger partial charge in [-0.1, -0.05) is 0 Å². The molecular weight excluding hydrogens is 198 g/mol. The molecule has 0 atom stereocenters. The highest BCUT2D eigenvalue weighted by Gasteiger charge is 2.19. The predicted octanol–water partition coefficient (Wildman–Crippen LogP) is 0.000480. The smallest absolute Gasteiger partial charge is 0.187 e. The fourth-order valence-electron chi connectivity index (χ4n) is 0.642. The van der Waals surface area contributed by atoms with Crippen molar-refractivity contribution in [1.82, 2.24) is 4.37 Å². The molecule has 2 N–H and O–H groups in total. The molecule has 64 valence electrons. The minimum Gasteiger partial charge on any atom is -0.382 e. The van der Waals surface area contributed by atoms with Crippen molar-refractivity contribution in [2.75, 3.05) is 12.0 Å². The lowest BCUT2D eigenvalue weighted by molar-refractivity contribution is 0.603. The summed E-state index contributed by atoms with van der Waals surface area (Å²) in [6, 6.07) is 1.69. The van der Waals surface area contributed by atoms with Gasteiger partial charge in [0.25, 0.3) is 0 Å². The van der Waals surface area contributed by atoms with E-state index in [1.807, 2.05) is 0 Å². The van der Waals surface area contributed by atoms with Gasteiger partial charge in [-0.3, -0.25) is 0 Å². The third kappa shape index (κ3) is 1.39. The molecule has 0 aliphatic carbocycles. The van der Waals surface area contributed by atoms with Gasteiger partial charge in [0.1, 0.15) is 11.6 Å². The zero-order valence-corrected chi connectivity index (χ0v) is 7.74. The maximum absolute atomic E-state index is 11.0. The maximum Gasteiger partial charge on any atom is 0.187 e. The molecule has 7 heteroatoms. The van der Waals surface area contributed by atoms with Crippen LogP contribution < -0.4 is 5.73 Å². The molecule has 1 heterocycles. The summed E-state index contributed by atoms with van der Waals surface area (Å²) in [5, 5.41) is 8.52. The Morgan fingerprint density at radius 2 is 2.25 bits per heavy atom. The van der Waals surface area contributed by atoms with E-state index in [2.05, 4.69) is 4.37 Å². The van der Waals surface area contributed by atoms with Crippen LogP contribution in [0.15, 0.2) is 4.21 Å². The van der Waals surface area contributed by atoms with Gasteiger partial charge >= 0.3 is 0 Å². The zero-order chi connectivity index (χ0) is 9.35. The molecule has 1 aromatic rings. The van der Waals surface area contributed by atoms with E-state index in [0.717, 1.165) is 17.8 Å². The molecule has 0 aliphatic rings. The molecular formula is C5H5N3O2S2. The molecule has 0 amide bonds. The van der Waals surface area contributed by atoms with Crippen LogP contribution in [0.25, 0.3) is 0 Å². The van der Waals surface area contributed by atoms with E-state index in [-0.39, 0.29) is 15.6 Å². The molecule has 0 fully saturated rings. The highest BCUT2D eigenvalue weighted by Crippen LogP contribution is 2.24. The lowest BCUT2D eigenvalue weighted by atomic mass is 10.4. The Kier molecular flexibility index (Phi) is 2.04. The van der Waals surface area contributed by atoms with Gasteiger partial charge in [-0.25, -0.2) is 8.42 Å². The largest absolute Gasteiger partial charge is 0.382 e. The van der Waals surface area contributed by atoms with Crippen molar-refractivity contribution < 1.29 is 8.42 Å². The summed E-state index contributed by atoms with van der Waals surface area (Å²) in [6.45, 7) is 0. The van der Waals surface area contributed by atoms with Crippen LogP contribution in [0.5, 0.6) is 0 Å². The first kappa shape index (κ1) is 8.96. The average Bonchev–Trinajstić information content (AvgIpc) is 2.29. The predicted molar refractivity (Wildman–Crippen MR) is 44.4 cm³/mol. The Morgan fingerprint density at radius 1 is 1.67 bits per heavy atom. The van der Waals surface area contributed by atoms with Gasteiger partial charge in [0, 0.05) is 6.26 Å². The van der Waals surface area contributed by atoms with Gasteiger partial charge in [-0.2, -0.15) is 9.64 Å². The maximum atomic E-state index is 11.0. The van der Waals surface area contributed by atoms with Crippen LogP contribution in [0.2, 0.25) is 0 Å². The van der Waals surface area contributed by atoms with E-state index in [9.17, 15) is 8.42 Å². The molecule has 1 rings (SSSR count). The van der Waals surface area contributed by atoms with Crippen LogP contribution >= 0.6 is 11.5 Å². The van der Waals surface area contributed by atoms with Gasteiger partial charge in [0.05, 0.1) is 0 Å². The topological polar surface area (TPSA) is 96.8 Å². The normalized spacial score (nSPS) is 11.0. The number of sulfone groups is 1. The van der Waals surface area contributed by atoms with Crippen LogP contribution in [-0.4, -0.2) is 19.0 Å². The van der Waals surface area contributed by atoms with Gasteiger partial charge in [-0.15, -0.1) is 0 Å². The number of hydrogen-bond acceptors (Lipinski definition) is 6. The Balaban J connectivity index is 3.49. The first-order valence-electron chi connectivity index (χ1n) is 2.82. The first-order chi connectivity index (χ1) is 5.46. The van der Waals surface area contributed by atoms with Crippen LogP contribution in [0.4, 0.5) is 5.82 Å². The van der Waals surface area contributed by atoms with Crippen molar-refractivity contribution in [2.45, 2.75) is 4.21 Å². The number of nitriles is 1. The van der Waals surface area contributed by atoms with Crippen molar-refractivity contribution in [3.05, 3.63) is 5.56 Å². The fraction of sp³-hybridized carbons (Fsp3) is 0.200. The Hall–Kier alpha value is -1.13. The van der Waals surface area contributed by atoms with Crippen molar-refractivity contribution in [1.29, 1.82) is 5.26 Å². The van der Waals surface area contributed by atoms with Gasteiger partial charge in [0.2, 0.25) is 0 Å². The lowest BCUT2D eigenvalue weighted by Crippen LogP contribution is -1.97. The molecule has 0 saturated heterocycles. The van der Waals surface area contributed by atoms with E-state index in [1.165, 1.54) is 0 Å². The van der Waals surface area contributed by atoms with Gasteiger partial charge in [-0.05, 0) is 11.5 Å². The summed E-state index contributed by atoms with van der Waals surface area (Å²) in [6.07, 6.45) is 1.01. The summed E-state index contributed by atoms with van der Waals surface area (Å²) in [5.74, 6) is -0.0251. The first-order valence-corrected chi connectivity index (χ1v) is 5.48. The highest BCUT2D eigenvalue weighted by molar-refractivity contribution is 7.92. The molecule has 12 heavy (non-hydrogen) atoms.